The fraction of sp³-hybridized carbons (Fsp3) is 0.727. The largest absolute Gasteiger partial charge is 0.480 e. The Morgan fingerprint density at radius 2 is 1.94 bits per heavy atom. The Balaban J connectivity index is 2.84. The topological polar surface area (TPSA) is 74.7 Å². The van der Waals surface area contributed by atoms with Gasteiger partial charge in [-0.2, -0.15) is 0 Å². The zero-order chi connectivity index (χ0) is 13.2. The fourth-order valence-corrected chi connectivity index (χ4v) is 3.01. The van der Waals surface area contributed by atoms with Gasteiger partial charge in [0.2, 0.25) is 5.91 Å². The van der Waals surface area contributed by atoms with Crippen LogP contribution in [0.25, 0.3) is 0 Å². The number of hydrogen-bond donors (Lipinski definition) is 1. The number of carboxylic acid groups (broad SMARTS) is 1. The SMILES string of the molecule is CC(=O)S[C@H]1CCN(C(=O)C(C)C)[C@H]1C(=O)O. The lowest BCUT2D eigenvalue weighted by Crippen LogP contribution is -2.46. The molecule has 1 saturated heterocycles. The lowest BCUT2D eigenvalue weighted by Gasteiger charge is -2.25. The minimum Gasteiger partial charge on any atom is -0.480 e. The zero-order valence-corrected chi connectivity index (χ0v) is 11.0. The van der Waals surface area contributed by atoms with E-state index < -0.39 is 12.0 Å². The third-order valence-electron chi connectivity index (χ3n) is 2.69. The van der Waals surface area contributed by atoms with Gasteiger partial charge in [-0.3, -0.25) is 9.59 Å². The van der Waals surface area contributed by atoms with Crippen LogP contribution < -0.4 is 0 Å². The molecule has 1 N–H and O–H groups in total. The van der Waals surface area contributed by atoms with Crippen LogP contribution in [0.5, 0.6) is 0 Å². The molecule has 0 aromatic carbocycles. The highest BCUT2D eigenvalue weighted by molar-refractivity contribution is 8.14. The van der Waals surface area contributed by atoms with Gasteiger partial charge in [0.05, 0.1) is 0 Å². The van der Waals surface area contributed by atoms with Crippen molar-refractivity contribution in [3.8, 4) is 0 Å². The van der Waals surface area contributed by atoms with Crippen molar-refractivity contribution in [2.24, 2.45) is 5.92 Å². The molecule has 0 aliphatic carbocycles. The number of thioether (sulfide) groups is 1. The van der Waals surface area contributed by atoms with Crippen molar-refractivity contribution >= 4 is 28.8 Å². The number of carbonyl (C=O) groups is 3. The summed E-state index contributed by atoms with van der Waals surface area (Å²) in [4.78, 5) is 35.5. The molecule has 17 heavy (non-hydrogen) atoms. The van der Waals surface area contributed by atoms with Gasteiger partial charge < -0.3 is 10.0 Å². The Morgan fingerprint density at radius 3 is 2.35 bits per heavy atom. The molecule has 0 aromatic heterocycles. The average molecular weight is 259 g/mol. The Morgan fingerprint density at radius 1 is 1.35 bits per heavy atom. The number of likely N-dealkylation sites (tertiary alicyclic amines) is 1. The molecule has 0 unspecified atom stereocenters. The highest BCUT2D eigenvalue weighted by Gasteiger charge is 2.43. The molecule has 1 fully saturated rings. The summed E-state index contributed by atoms with van der Waals surface area (Å²) in [6, 6.07) is -0.876. The third-order valence-corrected chi connectivity index (χ3v) is 3.82. The summed E-state index contributed by atoms with van der Waals surface area (Å²) in [7, 11) is 0. The highest BCUT2D eigenvalue weighted by Crippen LogP contribution is 2.30. The molecule has 0 saturated carbocycles. The Bertz CT molecular complexity index is 342. The van der Waals surface area contributed by atoms with E-state index in [1.807, 2.05) is 0 Å². The van der Waals surface area contributed by atoms with Crippen molar-refractivity contribution in [1.29, 1.82) is 0 Å². The summed E-state index contributed by atoms with van der Waals surface area (Å²) < 4.78 is 0. The summed E-state index contributed by atoms with van der Waals surface area (Å²) in [6.07, 6.45) is 0.555. The van der Waals surface area contributed by atoms with E-state index >= 15 is 0 Å². The summed E-state index contributed by atoms with van der Waals surface area (Å²) >= 11 is 1.02. The first-order valence-corrected chi connectivity index (χ1v) is 6.43. The number of carboxylic acids is 1. The van der Waals surface area contributed by atoms with Crippen LogP contribution in [0.2, 0.25) is 0 Å². The first kappa shape index (κ1) is 14.0. The lowest BCUT2D eigenvalue weighted by molar-refractivity contribution is -0.149. The molecule has 0 bridgehead atoms. The number of carbonyl (C=O) groups excluding carboxylic acids is 2. The summed E-state index contributed by atoms with van der Waals surface area (Å²) in [5.74, 6) is -1.42. The molecule has 1 aliphatic rings. The molecule has 1 rings (SSSR count). The lowest BCUT2D eigenvalue weighted by atomic mass is 10.1. The maximum Gasteiger partial charge on any atom is 0.327 e. The fourth-order valence-electron chi connectivity index (χ4n) is 1.97. The standard InChI is InChI=1S/C11H17NO4S/c1-6(2)10(14)12-5-4-8(17-7(3)13)9(12)11(15)16/h6,8-9H,4-5H2,1-3H3,(H,15,16)/t8-,9+/m0/s1. The second-order valence-electron chi connectivity index (χ2n) is 4.41. The van der Waals surface area contributed by atoms with Crippen LogP contribution in [0.3, 0.4) is 0 Å². The number of rotatable bonds is 3. The number of hydrogen-bond acceptors (Lipinski definition) is 4. The van der Waals surface area contributed by atoms with Crippen LogP contribution in [0.4, 0.5) is 0 Å². The van der Waals surface area contributed by atoms with Gasteiger partial charge in [-0.25, -0.2) is 4.79 Å². The predicted octanol–water partition coefficient (Wildman–Crippen LogP) is 0.976. The van der Waals surface area contributed by atoms with Gasteiger partial charge in [-0.05, 0) is 6.42 Å². The molecule has 96 valence electrons. The molecular formula is C11H17NO4S. The van der Waals surface area contributed by atoms with Crippen molar-refractivity contribution in [3.05, 3.63) is 0 Å². The maximum atomic E-state index is 11.9. The Kier molecular flexibility index (Phi) is 4.56. The number of aliphatic carboxylic acids is 1. The Hall–Kier alpha value is -1.04. The van der Waals surface area contributed by atoms with E-state index in [1.165, 1.54) is 11.8 Å². The molecule has 2 atom stereocenters. The molecule has 5 nitrogen and oxygen atoms in total. The first-order chi connectivity index (χ1) is 7.84. The van der Waals surface area contributed by atoms with Gasteiger partial charge in [0.25, 0.3) is 0 Å². The van der Waals surface area contributed by atoms with Crippen molar-refractivity contribution in [3.63, 3.8) is 0 Å². The van der Waals surface area contributed by atoms with E-state index in [0.29, 0.717) is 13.0 Å². The second-order valence-corrected chi connectivity index (χ2v) is 5.82. The number of amides is 1. The van der Waals surface area contributed by atoms with Crippen LogP contribution in [-0.2, 0) is 14.4 Å². The number of nitrogens with zero attached hydrogens (tertiary/aromatic N) is 1. The van der Waals surface area contributed by atoms with E-state index in [2.05, 4.69) is 0 Å². The van der Waals surface area contributed by atoms with Crippen LogP contribution in [-0.4, -0.2) is 44.8 Å². The van der Waals surface area contributed by atoms with Gasteiger partial charge >= 0.3 is 5.97 Å². The predicted molar refractivity (Wildman–Crippen MR) is 64.7 cm³/mol. The average Bonchev–Trinajstić information content (AvgIpc) is 2.58. The summed E-state index contributed by atoms with van der Waals surface area (Å²) in [5.41, 5.74) is 0. The van der Waals surface area contributed by atoms with Gasteiger partial charge in [0, 0.05) is 24.6 Å². The molecule has 0 spiro atoms. The maximum absolute atomic E-state index is 11.9. The van der Waals surface area contributed by atoms with E-state index in [1.54, 1.807) is 13.8 Å². The van der Waals surface area contributed by atoms with E-state index in [4.69, 9.17) is 0 Å². The highest BCUT2D eigenvalue weighted by atomic mass is 32.2. The van der Waals surface area contributed by atoms with Gasteiger partial charge in [0.1, 0.15) is 6.04 Å². The monoisotopic (exact) mass is 259 g/mol. The van der Waals surface area contributed by atoms with Crippen molar-refractivity contribution in [2.45, 2.75) is 38.5 Å². The minimum atomic E-state index is -1.03. The van der Waals surface area contributed by atoms with E-state index in [0.717, 1.165) is 11.8 Å². The van der Waals surface area contributed by atoms with Crippen LogP contribution in [0.1, 0.15) is 27.2 Å². The molecule has 1 aliphatic heterocycles. The Labute approximate surface area is 105 Å². The van der Waals surface area contributed by atoms with Crippen LogP contribution in [0, 0.1) is 5.92 Å². The molecular weight excluding hydrogens is 242 g/mol. The van der Waals surface area contributed by atoms with Crippen molar-refractivity contribution in [2.75, 3.05) is 6.54 Å². The normalized spacial score (nSPS) is 24.1. The van der Waals surface area contributed by atoms with E-state index in [9.17, 15) is 19.5 Å². The zero-order valence-electron chi connectivity index (χ0n) is 10.2. The molecule has 6 heteroatoms. The van der Waals surface area contributed by atoms with E-state index in [-0.39, 0.29) is 22.2 Å². The molecule has 0 radical (unpaired) electrons. The van der Waals surface area contributed by atoms with Crippen molar-refractivity contribution in [1.82, 2.24) is 4.90 Å². The smallest absolute Gasteiger partial charge is 0.327 e. The molecule has 1 amide bonds. The van der Waals surface area contributed by atoms with Gasteiger partial charge in [-0.1, -0.05) is 25.6 Å². The minimum absolute atomic E-state index is 0.111. The van der Waals surface area contributed by atoms with Gasteiger partial charge in [0.15, 0.2) is 5.12 Å². The molecule has 0 aromatic rings. The summed E-state index contributed by atoms with van der Waals surface area (Å²) in [5, 5.41) is 8.74. The molecule has 1 heterocycles. The summed E-state index contributed by atoms with van der Waals surface area (Å²) in [6.45, 7) is 5.31. The van der Waals surface area contributed by atoms with Crippen molar-refractivity contribution < 1.29 is 19.5 Å². The van der Waals surface area contributed by atoms with Gasteiger partial charge in [-0.15, -0.1) is 0 Å². The third kappa shape index (κ3) is 3.21. The van der Waals surface area contributed by atoms with Crippen LogP contribution in [0.15, 0.2) is 0 Å². The second kappa shape index (κ2) is 5.53. The first-order valence-electron chi connectivity index (χ1n) is 5.55. The quantitative estimate of drug-likeness (QED) is 0.817. The van der Waals surface area contributed by atoms with Crippen LogP contribution >= 0.6 is 11.8 Å².